The smallest absolute Gasteiger partial charge is 0.236 e. The van der Waals surface area contributed by atoms with Gasteiger partial charge in [-0.2, -0.15) is 5.10 Å². The van der Waals surface area contributed by atoms with Crippen LogP contribution in [-0.2, 0) is 4.79 Å². The molecule has 4 heteroatoms. The molecule has 0 spiro atoms. The quantitative estimate of drug-likeness (QED) is 0.444. The van der Waals surface area contributed by atoms with Gasteiger partial charge in [-0.3, -0.25) is 4.79 Å². The van der Waals surface area contributed by atoms with Crippen molar-refractivity contribution < 1.29 is 9.53 Å². The Morgan fingerprint density at radius 1 is 1.26 bits per heavy atom. The number of amides is 1. The highest BCUT2D eigenvalue weighted by Gasteiger charge is 1.94. The average molecular weight is 262 g/mol. The van der Waals surface area contributed by atoms with Gasteiger partial charge < -0.3 is 4.74 Å². The molecule has 0 fully saturated rings. The average Bonchev–Trinajstić information content (AvgIpc) is 2.40. The molecule has 1 rings (SSSR count). The predicted molar refractivity (Wildman–Crippen MR) is 77.5 cm³/mol. The molecule has 0 saturated heterocycles. The Hall–Kier alpha value is -1.84. The highest BCUT2D eigenvalue weighted by molar-refractivity contribution is 5.81. The number of unbranched alkanes of at least 4 members (excludes halogenated alkanes) is 3. The van der Waals surface area contributed by atoms with E-state index in [2.05, 4.69) is 17.5 Å². The van der Waals surface area contributed by atoms with Gasteiger partial charge in [-0.25, -0.2) is 5.43 Å². The third-order valence-corrected chi connectivity index (χ3v) is 2.58. The van der Waals surface area contributed by atoms with Crippen molar-refractivity contribution in [2.75, 3.05) is 6.61 Å². The van der Waals surface area contributed by atoms with Crippen LogP contribution in [0.15, 0.2) is 29.4 Å². The van der Waals surface area contributed by atoms with Crippen LogP contribution in [0.4, 0.5) is 0 Å². The maximum Gasteiger partial charge on any atom is 0.236 e. The summed E-state index contributed by atoms with van der Waals surface area (Å²) >= 11 is 0. The lowest BCUT2D eigenvalue weighted by Crippen LogP contribution is -2.12. The number of carbonyl (C=O) groups is 1. The van der Waals surface area contributed by atoms with Crippen molar-refractivity contribution in [3.8, 4) is 5.75 Å². The number of benzene rings is 1. The molecule has 0 aliphatic rings. The van der Waals surface area contributed by atoms with E-state index in [0.29, 0.717) is 0 Å². The Bertz CT molecular complexity index is 399. The fourth-order valence-electron chi connectivity index (χ4n) is 1.57. The molecule has 0 atom stereocenters. The van der Waals surface area contributed by atoms with E-state index >= 15 is 0 Å². The Kier molecular flexibility index (Phi) is 7.32. The molecule has 0 heterocycles. The highest BCUT2D eigenvalue weighted by Crippen LogP contribution is 2.12. The highest BCUT2D eigenvalue weighted by atomic mass is 16.5. The molecule has 1 N–H and O–H groups in total. The van der Waals surface area contributed by atoms with Crippen LogP contribution in [0, 0.1) is 0 Å². The van der Waals surface area contributed by atoms with Gasteiger partial charge in [-0.15, -0.1) is 0 Å². The van der Waals surface area contributed by atoms with Gasteiger partial charge in [-0.05, 0) is 36.2 Å². The lowest BCUT2D eigenvalue weighted by atomic mass is 10.2. The number of hydrazone groups is 1. The van der Waals surface area contributed by atoms with E-state index in [-0.39, 0.29) is 5.91 Å². The van der Waals surface area contributed by atoms with Gasteiger partial charge in [0.1, 0.15) is 5.75 Å². The van der Waals surface area contributed by atoms with E-state index in [1.54, 1.807) is 6.21 Å². The summed E-state index contributed by atoms with van der Waals surface area (Å²) in [5.41, 5.74) is 3.28. The van der Waals surface area contributed by atoms with Gasteiger partial charge in [0.15, 0.2) is 0 Å². The minimum Gasteiger partial charge on any atom is -0.494 e. The first-order valence-corrected chi connectivity index (χ1v) is 6.75. The molecule has 0 aromatic heterocycles. The number of rotatable bonds is 8. The second-order valence-corrected chi connectivity index (χ2v) is 4.40. The molecule has 0 saturated carbocycles. The molecule has 0 aliphatic heterocycles. The lowest BCUT2D eigenvalue weighted by Gasteiger charge is -2.05. The van der Waals surface area contributed by atoms with Crippen LogP contribution in [-0.4, -0.2) is 18.7 Å². The van der Waals surface area contributed by atoms with Crippen molar-refractivity contribution in [3.63, 3.8) is 0 Å². The van der Waals surface area contributed by atoms with E-state index in [4.69, 9.17) is 4.74 Å². The third-order valence-electron chi connectivity index (χ3n) is 2.58. The van der Waals surface area contributed by atoms with Gasteiger partial charge >= 0.3 is 0 Å². The minimum absolute atomic E-state index is 0.178. The molecule has 1 aromatic rings. The molecule has 0 unspecified atom stereocenters. The fraction of sp³-hybridized carbons (Fsp3) is 0.467. The Labute approximate surface area is 114 Å². The maximum atomic E-state index is 10.6. The SMILES string of the molecule is CCCCCCOc1ccc(/C=N\NC(C)=O)cc1. The van der Waals surface area contributed by atoms with Crippen LogP contribution < -0.4 is 10.2 Å². The number of ether oxygens (including phenoxy) is 1. The van der Waals surface area contributed by atoms with Crippen molar-refractivity contribution in [3.05, 3.63) is 29.8 Å². The molecule has 0 aliphatic carbocycles. The number of hydrogen-bond acceptors (Lipinski definition) is 3. The number of nitrogens with one attached hydrogen (secondary N) is 1. The van der Waals surface area contributed by atoms with Crippen molar-refractivity contribution in [2.24, 2.45) is 5.10 Å². The van der Waals surface area contributed by atoms with Gasteiger partial charge in [0.25, 0.3) is 0 Å². The molecule has 0 bridgehead atoms. The van der Waals surface area contributed by atoms with E-state index in [9.17, 15) is 4.79 Å². The van der Waals surface area contributed by atoms with Crippen molar-refractivity contribution in [2.45, 2.75) is 39.5 Å². The zero-order valence-corrected chi connectivity index (χ0v) is 11.7. The van der Waals surface area contributed by atoms with Crippen LogP contribution in [0.2, 0.25) is 0 Å². The summed E-state index contributed by atoms with van der Waals surface area (Å²) in [7, 11) is 0. The first-order valence-electron chi connectivity index (χ1n) is 6.75. The van der Waals surface area contributed by atoms with Crippen molar-refractivity contribution in [1.29, 1.82) is 0 Å². The summed E-state index contributed by atoms with van der Waals surface area (Å²) in [6.07, 6.45) is 6.42. The van der Waals surface area contributed by atoms with Gasteiger partial charge in [0.2, 0.25) is 5.91 Å². The molecule has 19 heavy (non-hydrogen) atoms. The van der Waals surface area contributed by atoms with E-state index in [0.717, 1.165) is 24.3 Å². The fourth-order valence-corrected chi connectivity index (χ4v) is 1.57. The van der Waals surface area contributed by atoms with Gasteiger partial charge in [0, 0.05) is 6.92 Å². The number of hydrogen-bond donors (Lipinski definition) is 1. The zero-order valence-electron chi connectivity index (χ0n) is 11.7. The number of nitrogens with zero attached hydrogens (tertiary/aromatic N) is 1. The van der Waals surface area contributed by atoms with Crippen LogP contribution in [0.1, 0.15) is 45.1 Å². The first-order chi connectivity index (χ1) is 9.22. The molecule has 0 radical (unpaired) electrons. The second kappa shape index (κ2) is 9.14. The van der Waals surface area contributed by atoms with E-state index in [1.165, 1.54) is 26.2 Å². The Balaban J connectivity index is 2.31. The minimum atomic E-state index is -0.178. The summed E-state index contributed by atoms with van der Waals surface area (Å²) in [5, 5.41) is 3.80. The number of carbonyl (C=O) groups excluding carboxylic acids is 1. The molecule has 4 nitrogen and oxygen atoms in total. The lowest BCUT2D eigenvalue weighted by molar-refractivity contribution is -0.118. The zero-order chi connectivity index (χ0) is 13.9. The topological polar surface area (TPSA) is 50.7 Å². The van der Waals surface area contributed by atoms with Crippen LogP contribution >= 0.6 is 0 Å². The van der Waals surface area contributed by atoms with Crippen LogP contribution in [0.3, 0.4) is 0 Å². The van der Waals surface area contributed by atoms with Crippen molar-refractivity contribution >= 4 is 12.1 Å². The Morgan fingerprint density at radius 2 is 2.00 bits per heavy atom. The predicted octanol–water partition coefficient (Wildman–Crippen LogP) is 3.12. The molecule has 1 aromatic carbocycles. The standard InChI is InChI=1S/C15H22N2O2/c1-3-4-5-6-11-19-15-9-7-14(8-10-15)12-16-17-13(2)18/h7-10,12H,3-6,11H2,1-2H3,(H,17,18)/b16-12-. The molecule has 1 amide bonds. The normalized spacial score (nSPS) is 10.6. The Morgan fingerprint density at radius 3 is 2.63 bits per heavy atom. The summed E-state index contributed by atoms with van der Waals surface area (Å²) in [4.78, 5) is 10.6. The first kappa shape index (κ1) is 15.2. The summed E-state index contributed by atoms with van der Waals surface area (Å²) in [6, 6.07) is 7.64. The maximum absolute atomic E-state index is 10.6. The third kappa shape index (κ3) is 7.24. The van der Waals surface area contributed by atoms with Crippen LogP contribution in [0.25, 0.3) is 0 Å². The van der Waals surface area contributed by atoms with E-state index in [1.807, 2.05) is 24.3 Å². The van der Waals surface area contributed by atoms with Gasteiger partial charge in [0.05, 0.1) is 12.8 Å². The molecule has 104 valence electrons. The monoisotopic (exact) mass is 262 g/mol. The molecular formula is C15H22N2O2. The summed E-state index contributed by atoms with van der Waals surface area (Å²) in [5.74, 6) is 0.691. The summed E-state index contributed by atoms with van der Waals surface area (Å²) < 4.78 is 5.64. The largest absolute Gasteiger partial charge is 0.494 e. The van der Waals surface area contributed by atoms with Crippen LogP contribution in [0.5, 0.6) is 5.75 Å². The molecular weight excluding hydrogens is 240 g/mol. The second-order valence-electron chi connectivity index (χ2n) is 4.40. The van der Waals surface area contributed by atoms with E-state index < -0.39 is 0 Å². The van der Waals surface area contributed by atoms with Gasteiger partial charge in [-0.1, -0.05) is 26.2 Å². The van der Waals surface area contributed by atoms with Crippen molar-refractivity contribution in [1.82, 2.24) is 5.43 Å². The summed E-state index contributed by atoms with van der Waals surface area (Å²) in [6.45, 7) is 4.38.